The van der Waals surface area contributed by atoms with Gasteiger partial charge in [0, 0.05) is 18.7 Å². The number of benzene rings is 2. The van der Waals surface area contributed by atoms with Crippen LogP contribution < -0.4 is 4.74 Å². The monoisotopic (exact) mass is 403 g/mol. The third-order valence-electron chi connectivity index (χ3n) is 4.05. The molecular formula is C17H13F4NO4S. The maximum Gasteiger partial charge on any atom is 0.573 e. The number of halogens is 4. The Bertz CT molecular complexity index is 934. The SMILES string of the molecule is O=C(c1ccc(OC(F)(F)F)cc1)N1CC(S(=O)(=O)c2ccc(F)cc2)C1. The van der Waals surface area contributed by atoms with Gasteiger partial charge in [-0.3, -0.25) is 4.79 Å². The smallest absolute Gasteiger partial charge is 0.406 e. The van der Waals surface area contributed by atoms with E-state index < -0.39 is 38.9 Å². The molecule has 0 aromatic heterocycles. The number of nitrogens with zero attached hydrogens (tertiary/aromatic N) is 1. The Morgan fingerprint density at radius 1 is 1.00 bits per heavy atom. The summed E-state index contributed by atoms with van der Waals surface area (Å²) < 4.78 is 77.9. The third kappa shape index (κ3) is 4.21. The Kier molecular flexibility index (Phi) is 4.85. The van der Waals surface area contributed by atoms with Crippen LogP contribution in [0.5, 0.6) is 5.75 Å². The van der Waals surface area contributed by atoms with Crippen molar-refractivity contribution in [2.75, 3.05) is 13.1 Å². The van der Waals surface area contributed by atoms with Gasteiger partial charge in [0.25, 0.3) is 5.91 Å². The lowest BCUT2D eigenvalue weighted by Crippen LogP contribution is -2.56. The summed E-state index contributed by atoms with van der Waals surface area (Å²) in [6.07, 6.45) is -4.83. The molecule has 0 atom stereocenters. The first-order chi connectivity index (χ1) is 12.6. The molecule has 5 nitrogen and oxygen atoms in total. The molecule has 0 N–H and O–H groups in total. The topological polar surface area (TPSA) is 63.7 Å². The minimum atomic E-state index is -4.83. The number of ether oxygens (including phenoxy) is 1. The number of likely N-dealkylation sites (tertiary alicyclic amines) is 1. The van der Waals surface area contributed by atoms with Gasteiger partial charge in [0.1, 0.15) is 16.8 Å². The molecular weight excluding hydrogens is 390 g/mol. The van der Waals surface area contributed by atoms with E-state index in [1.54, 1.807) is 0 Å². The summed E-state index contributed by atoms with van der Waals surface area (Å²) in [6, 6.07) is 8.76. The number of carbonyl (C=O) groups is 1. The zero-order valence-electron chi connectivity index (χ0n) is 13.6. The van der Waals surface area contributed by atoms with Crippen molar-refractivity contribution in [2.45, 2.75) is 16.5 Å². The summed E-state index contributed by atoms with van der Waals surface area (Å²) in [6.45, 7) is -0.112. The second-order valence-corrected chi connectivity index (χ2v) is 8.13. The van der Waals surface area contributed by atoms with Gasteiger partial charge in [-0.05, 0) is 48.5 Å². The zero-order chi connectivity index (χ0) is 19.8. The molecule has 0 aliphatic carbocycles. The van der Waals surface area contributed by atoms with E-state index in [1.165, 1.54) is 17.0 Å². The van der Waals surface area contributed by atoms with Crippen molar-refractivity contribution >= 4 is 15.7 Å². The Labute approximate surface area is 152 Å². The molecule has 0 radical (unpaired) electrons. The number of sulfone groups is 1. The normalized spacial score (nSPS) is 15.3. The van der Waals surface area contributed by atoms with Crippen LogP contribution in [-0.2, 0) is 9.84 Å². The molecule has 1 saturated heterocycles. The number of rotatable bonds is 4. The molecule has 3 rings (SSSR count). The number of amides is 1. The molecule has 1 heterocycles. The van der Waals surface area contributed by atoms with Gasteiger partial charge < -0.3 is 9.64 Å². The lowest BCUT2D eigenvalue weighted by atomic mass is 10.1. The summed E-state index contributed by atoms with van der Waals surface area (Å²) in [4.78, 5) is 13.5. The van der Waals surface area contributed by atoms with Gasteiger partial charge in [0.05, 0.1) is 4.90 Å². The Hall–Kier alpha value is -2.62. The van der Waals surface area contributed by atoms with Crippen LogP contribution in [-0.4, -0.2) is 43.9 Å². The number of alkyl halides is 3. The second-order valence-electron chi connectivity index (χ2n) is 5.90. The maximum absolute atomic E-state index is 12.9. The van der Waals surface area contributed by atoms with E-state index in [2.05, 4.69) is 4.74 Å². The minimum absolute atomic E-state index is 0.0327. The van der Waals surface area contributed by atoms with E-state index in [4.69, 9.17) is 0 Å². The first kappa shape index (κ1) is 19.2. The van der Waals surface area contributed by atoms with Gasteiger partial charge in [0.15, 0.2) is 9.84 Å². The first-order valence-corrected chi connectivity index (χ1v) is 9.25. The predicted molar refractivity (Wildman–Crippen MR) is 86.4 cm³/mol. The van der Waals surface area contributed by atoms with Gasteiger partial charge in [-0.25, -0.2) is 12.8 Å². The molecule has 1 fully saturated rings. The largest absolute Gasteiger partial charge is 0.573 e. The van der Waals surface area contributed by atoms with Crippen molar-refractivity contribution in [3.05, 3.63) is 59.9 Å². The van der Waals surface area contributed by atoms with E-state index in [0.29, 0.717) is 0 Å². The molecule has 0 bridgehead atoms. The molecule has 144 valence electrons. The Morgan fingerprint density at radius 3 is 2.07 bits per heavy atom. The van der Waals surface area contributed by atoms with Gasteiger partial charge in [-0.2, -0.15) is 0 Å². The van der Waals surface area contributed by atoms with Crippen molar-refractivity contribution in [1.29, 1.82) is 0 Å². The standard InChI is InChI=1S/C17H13F4NO4S/c18-12-3-7-14(8-4-12)27(24,25)15-9-22(10-15)16(23)11-1-5-13(6-2-11)26-17(19,20)21/h1-8,15H,9-10H2. The molecule has 1 aliphatic heterocycles. The van der Waals surface area contributed by atoms with Crippen molar-refractivity contribution in [1.82, 2.24) is 4.90 Å². The summed E-state index contributed by atoms with van der Waals surface area (Å²) >= 11 is 0. The van der Waals surface area contributed by atoms with Crippen molar-refractivity contribution in [2.24, 2.45) is 0 Å². The fourth-order valence-corrected chi connectivity index (χ4v) is 4.25. The highest BCUT2D eigenvalue weighted by Gasteiger charge is 2.40. The van der Waals surface area contributed by atoms with Gasteiger partial charge in [0.2, 0.25) is 0 Å². The van der Waals surface area contributed by atoms with E-state index in [0.717, 1.165) is 36.4 Å². The van der Waals surface area contributed by atoms with Crippen LogP contribution in [0.1, 0.15) is 10.4 Å². The molecule has 1 amide bonds. The fraction of sp³-hybridized carbons (Fsp3) is 0.235. The second kappa shape index (κ2) is 6.84. The van der Waals surface area contributed by atoms with Crippen LogP contribution in [0.25, 0.3) is 0 Å². The van der Waals surface area contributed by atoms with Crippen molar-refractivity contribution in [3.8, 4) is 5.75 Å². The maximum atomic E-state index is 12.9. The van der Waals surface area contributed by atoms with Crippen LogP contribution in [0.15, 0.2) is 53.4 Å². The molecule has 1 aliphatic rings. The van der Waals surface area contributed by atoms with E-state index in [1.807, 2.05) is 0 Å². The molecule has 27 heavy (non-hydrogen) atoms. The summed E-state index contributed by atoms with van der Waals surface area (Å²) in [7, 11) is -3.70. The predicted octanol–water partition coefficient (Wildman–Crippen LogP) is 3.02. The van der Waals surface area contributed by atoms with E-state index >= 15 is 0 Å². The van der Waals surface area contributed by atoms with Gasteiger partial charge >= 0.3 is 6.36 Å². The summed E-state index contributed by atoms with van der Waals surface area (Å²) in [5, 5.41) is -0.820. The molecule has 2 aromatic carbocycles. The summed E-state index contributed by atoms with van der Waals surface area (Å²) in [5.41, 5.74) is 0.113. The molecule has 0 saturated carbocycles. The first-order valence-electron chi connectivity index (χ1n) is 7.71. The van der Waals surface area contributed by atoms with Crippen LogP contribution in [0, 0.1) is 5.82 Å². The quantitative estimate of drug-likeness (QED) is 0.582. The molecule has 0 unspecified atom stereocenters. The average Bonchev–Trinajstić information content (AvgIpc) is 2.52. The lowest BCUT2D eigenvalue weighted by Gasteiger charge is -2.38. The van der Waals surface area contributed by atoms with Crippen molar-refractivity contribution < 1.29 is 35.5 Å². The van der Waals surface area contributed by atoms with Gasteiger partial charge in [-0.15, -0.1) is 13.2 Å². The third-order valence-corrected chi connectivity index (χ3v) is 6.16. The Morgan fingerprint density at radius 2 is 1.56 bits per heavy atom. The Balaban J connectivity index is 1.63. The number of hydrogen-bond acceptors (Lipinski definition) is 4. The van der Waals surface area contributed by atoms with Crippen molar-refractivity contribution in [3.63, 3.8) is 0 Å². The highest BCUT2D eigenvalue weighted by atomic mass is 32.2. The van der Waals surface area contributed by atoms with Crippen LogP contribution in [0.4, 0.5) is 17.6 Å². The van der Waals surface area contributed by atoms with Gasteiger partial charge in [-0.1, -0.05) is 0 Å². The van der Waals surface area contributed by atoms with Crippen LogP contribution in [0.3, 0.4) is 0 Å². The molecule has 0 spiro atoms. The van der Waals surface area contributed by atoms with E-state index in [-0.39, 0.29) is 23.5 Å². The van der Waals surface area contributed by atoms with Crippen LogP contribution in [0.2, 0.25) is 0 Å². The fourth-order valence-electron chi connectivity index (χ4n) is 2.60. The summed E-state index contributed by atoms with van der Waals surface area (Å²) in [5.74, 6) is -1.52. The lowest BCUT2D eigenvalue weighted by molar-refractivity contribution is -0.274. The zero-order valence-corrected chi connectivity index (χ0v) is 14.4. The average molecular weight is 403 g/mol. The highest BCUT2D eigenvalue weighted by Crippen LogP contribution is 2.27. The van der Waals surface area contributed by atoms with E-state index in [9.17, 15) is 30.8 Å². The number of hydrogen-bond donors (Lipinski definition) is 0. The minimum Gasteiger partial charge on any atom is -0.406 e. The van der Waals surface area contributed by atoms with Crippen LogP contribution >= 0.6 is 0 Å². The highest BCUT2D eigenvalue weighted by molar-refractivity contribution is 7.92. The molecule has 2 aromatic rings. The molecule has 10 heteroatoms. The number of carbonyl (C=O) groups excluding carboxylic acids is 1.